The van der Waals surface area contributed by atoms with Crippen molar-refractivity contribution in [1.82, 2.24) is 9.47 Å². The number of rotatable bonds is 6. The molecule has 34 heavy (non-hydrogen) atoms. The summed E-state index contributed by atoms with van der Waals surface area (Å²) < 4.78 is 42.9. The SMILES string of the molecule is CCC(C)C1C[C@@](O)(C(F)(F)F)CC(C)N1CC(=O)c1cc(C)n(-c2ccc(C#N)cc2)c1C. The summed E-state index contributed by atoms with van der Waals surface area (Å²) in [5.41, 5.74) is 0.731. The molecule has 1 saturated heterocycles. The highest BCUT2D eigenvalue weighted by Gasteiger charge is 2.59. The summed E-state index contributed by atoms with van der Waals surface area (Å²) in [6, 6.07) is 9.77. The number of halogens is 3. The van der Waals surface area contributed by atoms with Crippen molar-refractivity contribution in [3.63, 3.8) is 0 Å². The van der Waals surface area contributed by atoms with Crippen LogP contribution in [0, 0.1) is 31.1 Å². The first-order valence-electron chi connectivity index (χ1n) is 11.6. The van der Waals surface area contributed by atoms with E-state index in [0.717, 1.165) is 17.1 Å². The third-order valence-electron chi connectivity index (χ3n) is 7.31. The summed E-state index contributed by atoms with van der Waals surface area (Å²) in [5.74, 6) is -0.277. The lowest BCUT2D eigenvalue weighted by Crippen LogP contribution is -2.62. The van der Waals surface area contributed by atoms with Crippen LogP contribution in [0.2, 0.25) is 0 Å². The van der Waals surface area contributed by atoms with E-state index in [1.54, 1.807) is 25.1 Å². The van der Waals surface area contributed by atoms with Gasteiger partial charge in [0.2, 0.25) is 0 Å². The van der Waals surface area contributed by atoms with Gasteiger partial charge < -0.3 is 9.67 Å². The molecule has 1 aromatic carbocycles. The summed E-state index contributed by atoms with van der Waals surface area (Å²) in [6.45, 7) is 9.14. The molecule has 8 heteroatoms. The second kappa shape index (κ2) is 9.55. The van der Waals surface area contributed by atoms with Crippen LogP contribution in [0.3, 0.4) is 0 Å². The van der Waals surface area contributed by atoms with Gasteiger partial charge in [-0.05, 0) is 57.0 Å². The summed E-state index contributed by atoms with van der Waals surface area (Å²) >= 11 is 0. The third kappa shape index (κ3) is 4.77. The predicted molar refractivity (Wildman–Crippen MR) is 124 cm³/mol. The van der Waals surface area contributed by atoms with E-state index in [1.165, 1.54) is 0 Å². The molecule has 3 rings (SSSR count). The lowest BCUT2D eigenvalue weighted by Gasteiger charge is -2.50. The fraction of sp³-hybridized carbons (Fsp3) is 0.538. The molecule has 0 spiro atoms. The lowest BCUT2D eigenvalue weighted by molar-refractivity contribution is -0.284. The van der Waals surface area contributed by atoms with Crippen LogP contribution < -0.4 is 0 Å². The number of benzene rings is 1. The third-order valence-corrected chi connectivity index (χ3v) is 7.31. The molecule has 0 aliphatic carbocycles. The largest absolute Gasteiger partial charge is 0.417 e. The molecule has 1 N–H and O–H groups in total. The van der Waals surface area contributed by atoms with Crippen LogP contribution in [0.4, 0.5) is 13.2 Å². The van der Waals surface area contributed by atoms with Gasteiger partial charge in [-0.3, -0.25) is 9.69 Å². The van der Waals surface area contributed by atoms with Gasteiger partial charge in [-0.25, -0.2) is 0 Å². The number of piperidine rings is 1. The number of hydrogen-bond donors (Lipinski definition) is 1. The zero-order chi connectivity index (χ0) is 25.4. The monoisotopic (exact) mass is 475 g/mol. The van der Waals surface area contributed by atoms with E-state index >= 15 is 0 Å². The first-order chi connectivity index (χ1) is 15.8. The zero-order valence-electron chi connectivity index (χ0n) is 20.3. The highest BCUT2D eigenvalue weighted by atomic mass is 19.4. The Kier molecular flexibility index (Phi) is 7.30. The smallest absolute Gasteiger partial charge is 0.380 e. The second-order valence-electron chi connectivity index (χ2n) is 9.61. The van der Waals surface area contributed by atoms with Gasteiger partial charge in [0.05, 0.1) is 18.2 Å². The number of nitrogens with zero attached hydrogens (tertiary/aromatic N) is 3. The number of nitriles is 1. The minimum Gasteiger partial charge on any atom is -0.380 e. The number of likely N-dealkylation sites (tertiary alicyclic amines) is 1. The Morgan fingerprint density at radius 3 is 2.41 bits per heavy atom. The van der Waals surface area contributed by atoms with Crippen molar-refractivity contribution >= 4 is 5.78 Å². The van der Waals surface area contributed by atoms with Crippen LogP contribution in [0.15, 0.2) is 30.3 Å². The van der Waals surface area contributed by atoms with Gasteiger partial charge >= 0.3 is 6.18 Å². The van der Waals surface area contributed by atoms with Gasteiger partial charge in [-0.2, -0.15) is 18.4 Å². The predicted octanol–water partition coefficient (Wildman–Crippen LogP) is 5.34. The van der Waals surface area contributed by atoms with E-state index in [-0.39, 0.29) is 18.2 Å². The number of carbonyl (C=O) groups is 1. The van der Waals surface area contributed by atoms with Crippen molar-refractivity contribution in [3.8, 4) is 11.8 Å². The van der Waals surface area contributed by atoms with Crippen molar-refractivity contribution in [1.29, 1.82) is 5.26 Å². The lowest BCUT2D eigenvalue weighted by atomic mass is 9.77. The molecule has 1 aliphatic heterocycles. The number of aliphatic hydroxyl groups is 1. The molecule has 4 atom stereocenters. The van der Waals surface area contributed by atoms with E-state index in [2.05, 4.69) is 6.07 Å². The van der Waals surface area contributed by atoms with Crippen LogP contribution >= 0.6 is 0 Å². The molecule has 0 radical (unpaired) electrons. The van der Waals surface area contributed by atoms with E-state index in [0.29, 0.717) is 17.5 Å². The molecule has 1 aromatic heterocycles. The van der Waals surface area contributed by atoms with Crippen molar-refractivity contribution in [2.24, 2.45) is 5.92 Å². The van der Waals surface area contributed by atoms with Gasteiger partial charge in [0.1, 0.15) is 0 Å². The normalized spacial score (nSPS) is 24.6. The van der Waals surface area contributed by atoms with E-state index in [9.17, 15) is 23.1 Å². The average Bonchev–Trinajstić information content (AvgIpc) is 3.08. The highest BCUT2D eigenvalue weighted by molar-refractivity contribution is 5.99. The Morgan fingerprint density at radius 2 is 1.88 bits per heavy atom. The highest BCUT2D eigenvalue weighted by Crippen LogP contribution is 2.44. The Labute approximate surface area is 198 Å². The van der Waals surface area contributed by atoms with Crippen LogP contribution in [0.25, 0.3) is 5.69 Å². The van der Waals surface area contributed by atoms with E-state index in [4.69, 9.17) is 5.26 Å². The standard InChI is InChI=1S/C26H32F3N3O2/c1-6-16(2)23-13-25(34,26(27,28)29)12-18(4)31(23)15-24(33)22-11-17(3)32(19(22)5)21-9-7-20(14-30)8-10-21/h7-11,16,18,23,34H,6,12-13,15H2,1-5H3/t16?,18?,23?,25-/m1/s1. The molecular weight excluding hydrogens is 443 g/mol. The summed E-state index contributed by atoms with van der Waals surface area (Å²) in [5, 5.41) is 19.5. The molecule has 3 unspecified atom stereocenters. The van der Waals surface area contributed by atoms with Gasteiger partial charge in [-0.15, -0.1) is 0 Å². The number of ketones is 1. The Morgan fingerprint density at radius 1 is 1.26 bits per heavy atom. The van der Waals surface area contributed by atoms with Crippen LogP contribution in [-0.2, 0) is 0 Å². The van der Waals surface area contributed by atoms with Crippen LogP contribution in [0.5, 0.6) is 0 Å². The quantitative estimate of drug-likeness (QED) is 0.573. The van der Waals surface area contributed by atoms with Gasteiger partial charge in [0.25, 0.3) is 0 Å². The first-order valence-corrected chi connectivity index (χ1v) is 11.6. The van der Waals surface area contributed by atoms with Crippen LogP contribution in [0.1, 0.15) is 67.3 Å². The molecule has 1 fully saturated rings. The average molecular weight is 476 g/mol. The van der Waals surface area contributed by atoms with Crippen molar-refractivity contribution < 1.29 is 23.1 Å². The number of aryl methyl sites for hydroxylation is 1. The minimum absolute atomic E-state index is 0.0121. The van der Waals surface area contributed by atoms with Crippen molar-refractivity contribution in [2.45, 2.75) is 77.7 Å². The van der Waals surface area contributed by atoms with Gasteiger partial charge in [-0.1, -0.05) is 20.3 Å². The topological polar surface area (TPSA) is 69.3 Å². The molecule has 2 heterocycles. The van der Waals surface area contributed by atoms with Crippen molar-refractivity contribution in [2.75, 3.05) is 6.54 Å². The number of aromatic nitrogens is 1. The molecule has 0 saturated carbocycles. The molecule has 0 amide bonds. The Balaban J connectivity index is 1.90. The first kappa shape index (κ1) is 26.0. The fourth-order valence-electron chi connectivity index (χ4n) is 5.16. The maximum absolute atomic E-state index is 13.6. The number of carbonyl (C=O) groups excluding carboxylic acids is 1. The van der Waals surface area contributed by atoms with Gasteiger partial charge in [0.15, 0.2) is 11.4 Å². The number of Topliss-reactive ketones (excluding diaryl/α,β-unsaturated/α-hetero) is 1. The number of hydrogen-bond acceptors (Lipinski definition) is 4. The van der Waals surface area contributed by atoms with Crippen LogP contribution in [-0.4, -0.2) is 50.8 Å². The van der Waals surface area contributed by atoms with E-state index < -0.39 is 36.7 Å². The molecule has 2 aromatic rings. The fourth-order valence-corrected chi connectivity index (χ4v) is 5.16. The molecule has 0 bridgehead atoms. The van der Waals surface area contributed by atoms with Crippen molar-refractivity contribution in [3.05, 3.63) is 52.8 Å². The maximum atomic E-state index is 13.6. The molecular formula is C26H32F3N3O2. The van der Waals surface area contributed by atoms with Gasteiger partial charge in [0, 0.05) is 47.6 Å². The molecule has 5 nitrogen and oxygen atoms in total. The maximum Gasteiger partial charge on any atom is 0.417 e. The van der Waals surface area contributed by atoms with E-state index in [1.807, 2.05) is 49.3 Å². The summed E-state index contributed by atoms with van der Waals surface area (Å²) in [6.07, 6.45) is -4.97. The Bertz CT molecular complexity index is 1080. The zero-order valence-corrected chi connectivity index (χ0v) is 20.3. The summed E-state index contributed by atoms with van der Waals surface area (Å²) in [7, 11) is 0. The minimum atomic E-state index is -4.71. The number of alkyl halides is 3. The summed E-state index contributed by atoms with van der Waals surface area (Å²) in [4.78, 5) is 15.2. The second-order valence-corrected chi connectivity index (χ2v) is 9.61. The Hall–Kier alpha value is -2.63. The molecule has 1 aliphatic rings. The molecule has 184 valence electrons.